The van der Waals surface area contributed by atoms with Gasteiger partial charge in [-0.1, -0.05) is 12.1 Å². The lowest BCUT2D eigenvalue weighted by atomic mass is 9.98. The van der Waals surface area contributed by atoms with Gasteiger partial charge < -0.3 is 19.7 Å². The smallest absolute Gasteiger partial charge is 0.341 e. The zero-order valence-electron chi connectivity index (χ0n) is 14.9. The molecule has 28 heavy (non-hydrogen) atoms. The van der Waals surface area contributed by atoms with Gasteiger partial charge in [0.1, 0.15) is 11.4 Å². The highest BCUT2D eigenvalue weighted by molar-refractivity contribution is 5.94. The van der Waals surface area contributed by atoms with E-state index >= 15 is 0 Å². The van der Waals surface area contributed by atoms with Crippen LogP contribution in [0, 0.1) is 5.82 Å². The van der Waals surface area contributed by atoms with Crippen LogP contribution in [-0.4, -0.2) is 28.9 Å². The van der Waals surface area contributed by atoms with Gasteiger partial charge in [0.15, 0.2) is 0 Å². The quantitative estimate of drug-likeness (QED) is 0.730. The molecule has 0 spiro atoms. The number of fused-ring (bicyclic) bond motifs is 2. The van der Waals surface area contributed by atoms with E-state index in [1.54, 1.807) is 10.6 Å². The highest BCUT2D eigenvalue weighted by Crippen LogP contribution is 2.31. The molecule has 6 nitrogen and oxygen atoms in total. The van der Waals surface area contributed by atoms with Gasteiger partial charge in [0.05, 0.1) is 24.8 Å². The van der Waals surface area contributed by atoms with Gasteiger partial charge >= 0.3 is 5.97 Å². The van der Waals surface area contributed by atoms with Crippen LogP contribution in [0.15, 0.2) is 41.3 Å². The number of benzene rings is 2. The Labute approximate surface area is 159 Å². The second-order valence-corrected chi connectivity index (χ2v) is 7.21. The summed E-state index contributed by atoms with van der Waals surface area (Å²) in [4.78, 5) is 24.1. The van der Waals surface area contributed by atoms with Crippen molar-refractivity contribution in [1.82, 2.24) is 9.88 Å². The predicted molar refractivity (Wildman–Crippen MR) is 101 cm³/mol. The third-order valence-electron chi connectivity index (χ3n) is 5.51. The van der Waals surface area contributed by atoms with Crippen molar-refractivity contribution < 1.29 is 19.0 Å². The number of rotatable bonds is 3. The summed E-state index contributed by atoms with van der Waals surface area (Å²) >= 11 is 0. The van der Waals surface area contributed by atoms with Crippen LogP contribution in [0.4, 0.5) is 4.39 Å². The molecule has 1 aromatic heterocycles. The van der Waals surface area contributed by atoms with Crippen LogP contribution in [0.3, 0.4) is 0 Å². The minimum atomic E-state index is -1.32. The number of carboxylic acid groups (broad SMARTS) is 1. The van der Waals surface area contributed by atoms with Crippen LogP contribution >= 0.6 is 0 Å². The Morgan fingerprint density at radius 1 is 1.18 bits per heavy atom. The zero-order valence-corrected chi connectivity index (χ0v) is 14.9. The number of pyridine rings is 1. The normalized spacial score (nSPS) is 16.2. The first-order valence-corrected chi connectivity index (χ1v) is 9.05. The zero-order chi connectivity index (χ0) is 19.4. The van der Waals surface area contributed by atoms with E-state index in [1.165, 1.54) is 11.8 Å². The number of hydrogen-bond donors (Lipinski definition) is 2. The van der Waals surface area contributed by atoms with Gasteiger partial charge in [-0.2, -0.15) is 0 Å². The molecule has 2 aliphatic heterocycles. The lowest BCUT2D eigenvalue weighted by molar-refractivity contribution is -0.0217. The monoisotopic (exact) mass is 380 g/mol. The number of halogens is 1. The van der Waals surface area contributed by atoms with Crippen molar-refractivity contribution in [2.45, 2.75) is 19.1 Å². The SMILES string of the molecule is O=C(O)c1cn(C2COC2)c2cc(-c3ccc4c(c3)CNC4)c(F)cc2c1=O. The van der Waals surface area contributed by atoms with Crippen LogP contribution in [0.1, 0.15) is 27.5 Å². The van der Waals surface area contributed by atoms with Gasteiger partial charge in [0, 0.05) is 30.2 Å². The van der Waals surface area contributed by atoms with Crippen molar-refractivity contribution in [3.8, 4) is 11.1 Å². The summed E-state index contributed by atoms with van der Waals surface area (Å²) in [5.41, 5.74) is 2.91. The summed E-state index contributed by atoms with van der Waals surface area (Å²) in [6.45, 7) is 2.39. The summed E-state index contributed by atoms with van der Waals surface area (Å²) < 4.78 is 21.9. The molecule has 142 valence electrons. The number of aromatic nitrogens is 1. The molecule has 5 rings (SSSR count). The summed E-state index contributed by atoms with van der Waals surface area (Å²) in [7, 11) is 0. The van der Waals surface area contributed by atoms with Crippen LogP contribution in [-0.2, 0) is 17.8 Å². The molecule has 0 atom stereocenters. The van der Waals surface area contributed by atoms with Crippen molar-refractivity contribution in [2.24, 2.45) is 0 Å². The number of ether oxygens (including phenoxy) is 1. The van der Waals surface area contributed by atoms with Gasteiger partial charge in [0.2, 0.25) is 5.43 Å². The Bertz CT molecular complexity index is 1200. The second kappa shape index (κ2) is 6.25. The predicted octanol–water partition coefficient (Wildman–Crippen LogP) is 2.68. The average molecular weight is 380 g/mol. The van der Waals surface area contributed by atoms with E-state index in [1.807, 2.05) is 18.2 Å². The summed E-state index contributed by atoms with van der Waals surface area (Å²) in [6, 6.07) is 8.52. The van der Waals surface area contributed by atoms with Crippen LogP contribution in [0.25, 0.3) is 22.0 Å². The number of hydrogen-bond acceptors (Lipinski definition) is 4. The molecule has 0 amide bonds. The maximum atomic E-state index is 15.0. The van der Waals surface area contributed by atoms with Crippen molar-refractivity contribution in [3.63, 3.8) is 0 Å². The first-order chi connectivity index (χ1) is 13.5. The fourth-order valence-corrected chi connectivity index (χ4v) is 3.89. The van der Waals surface area contributed by atoms with Crippen molar-refractivity contribution in [3.05, 3.63) is 69.3 Å². The summed E-state index contributed by atoms with van der Waals surface area (Å²) in [5, 5.41) is 12.7. The van der Waals surface area contributed by atoms with E-state index < -0.39 is 17.2 Å². The van der Waals surface area contributed by atoms with E-state index in [4.69, 9.17) is 4.74 Å². The lowest BCUT2D eigenvalue weighted by Crippen LogP contribution is -2.33. The lowest BCUT2D eigenvalue weighted by Gasteiger charge is -2.30. The largest absolute Gasteiger partial charge is 0.477 e. The van der Waals surface area contributed by atoms with Gasteiger partial charge in [-0.25, -0.2) is 9.18 Å². The third-order valence-corrected chi connectivity index (χ3v) is 5.51. The molecule has 2 N–H and O–H groups in total. The maximum Gasteiger partial charge on any atom is 0.341 e. The number of carboxylic acids is 1. The Morgan fingerprint density at radius 2 is 1.96 bits per heavy atom. The first-order valence-electron chi connectivity index (χ1n) is 9.05. The fraction of sp³-hybridized carbons (Fsp3) is 0.238. The topological polar surface area (TPSA) is 80.6 Å². The highest BCUT2D eigenvalue weighted by Gasteiger charge is 2.25. The number of nitrogens with zero attached hydrogens (tertiary/aromatic N) is 1. The van der Waals surface area contributed by atoms with E-state index in [0.717, 1.165) is 30.3 Å². The van der Waals surface area contributed by atoms with Crippen molar-refractivity contribution in [2.75, 3.05) is 13.2 Å². The van der Waals surface area contributed by atoms with Crippen molar-refractivity contribution in [1.29, 1.82) is 0 Å². The standard InChI is InChI=1S/C21H17FN2O4/c22-18-4-16-19(5-15(18)11-1-2-12-6-23-7-13(12)3-11)24(14-9-28-10-14)8-17(20(16)25)21(26)27/h1-5,8,14,23H,6-7,9-10H2,(H,26,27). The summed E-state index contributed by atoms with van der Waals surface area (Å²) in [6.07, 6.45) is 1.34. The van der Waals surface area contributed by atoms with E-state index in [0.29, 0.717) is 24.3 Å². The average Bonchev–Trinajstić information content (AvgIpc) is 3.09. The molecule has 0 radical (unpaired) electrons. The number of nitrogens with one attached hydrogen (secondary N) is 1. The van der Waals surface area contributed by atoms with Crippen LogP contribution < -0.4 is 10.7 Å². The molecular formula is C21H17FN2O4. The highest BCUT2D eigenvalue weighted by atomic mass is 19.1. The fourth-order valence-electron chi connectivity index (χ4n) is 3.89. The van der Waals surface area contributed by atoms with Crippen LogP contribution in [0.2, 0.25) is 0 Å². The molecule has 0 saturated carbocycles. The first kappa shape index (κ1) is 17.1. The Kier molecular flexibility index (Phi) is 3.82. The van der Waals surface area contributed by atoms with Crippen molar-refractivity contribution >= 4 is 16.9 Å². The van der Waals surface area contributed by atoms with Gasteiger partial charge in [-0.3, -0.25) is 4.79 Å². The summed E-state index contributed by atoms with van der Waals surface area (Å²) in [5.74, 6) is -1.87. The maximum absolute atomic E-state index is 15.0. The Morgan fingerprint density at radius 3 is 2.68 bits per heavy atom. The Hall–Kier alpha value is -3.03. The number of aromatic carboxylic acids is 1. The third kappa shape index (κ3) is 2.55. The van der Waals surface area contributed by atoms with E-state index in [-0.39, 0.29) is 17.0 Å². The molecule has 2 aliphatic rings. The molecule has 0 unspecified atom stereocenters. The molecule has 3 aromatic rings. The minimum absolute atomic E-state index is 0.0656. The molecular weight excluding hydrogens is 363 g/mol. The molecule has 0 bridgehead atoms. The molecule has 7 heteroatoms. The van der Waals surface area contributed by atoms with Crippen LogP contribution in [0.5, 0.6) is 0 Å². The molecule has 3 heterocycles. The number of carbonyl (C=O) groups is 1. The Balaban J connectivity index is 1.76. The van der Waals surface area contributed by atoms with Gasteiger partial charge in [-0.05, 0) is 34.9 Å². The second-order valence-electron chi connectivity index (χ2n) is 7.21. The molecule has 0 aliphatic carbocycles. The van der Waals surface area contributed by atoms with E-state index in [2.05, 4.69) is 5.32 Å². The minimum Gasteiger partial charge on any atom is -0.477 e. The van der Waals surface area contributed by atoms with Gasteiger partial charge in [0.25, 0.3) is 0 Å². The molecule has 2 aromatic carbocycles. The van der Waals surface area contributed by atoms with Gasteiger partial charge in [-0.15, -0.1) is 0 Å². The molecule has 1 saturated heterocycles. The van der Waals surface area contributed by atoms with E-state index in [9.17, 15) is 19.1 Å². The molecule has 1 fully saturated rings.